The average molecular weight is 424 g/mol. The highest BCUT2D eigenvalue weighted by Crippen LogP contribution is 2.36. The number of amides is 1. The summed E-state index contributed by atoms with van der Waals surface area (Å²) in [5.74, 6) is -0.686. The number of hydrogen-bond acceptors (Lipinski definition) is 5. The SMILES string of the molecule is COC(=O)C1=C(CCCCOCc2ccccc2)N([C@@H](CO)c2ccccc2)C(=O)C1. The largest absolute Gasteiger partial charge is 0.466 e. The highest BCUT2D eigenvalue weighted by atomic mass is 16.5. The number of esters is 1. The number of unbranched alkanes of at least 4 members (excludes halogenated alkanes) is 1. The predicted molar refractivity (Wildman–Crippen MR) is 117 cm³/mol. The molecule has 2 aromatic rings. The van der Waals surface area contributed by atoms with Crippen molar-refractivity contribution in [1.29, 1.82) is 0 Å². The zero-order valence-electron chi connectivity index (χ0n) is 17.8. The zero-order valence-corrected chi connectivity index (χ0v) is 17.8. The van der Waals surface area contributed by atoms with E-state index in [1.165, 1.54) is 7.11 Å². The molecule has 0 spiro atoms. The Labute approximate surface area is 183 Å². The third kappa shape index (κ3) is 5.81. The monoisotopic (exact) mass is 423 g/mol. The summed E-state index contributed by atoms with van der Waals surface area (Å²) in [6.45, 7) is 0.918. The summed E-state index contributed by atoms with van der Waals surface area (Å²) in [6.07, 6.45) is 2.08. The minimum absolute atomic E-state index is 0.00412. The van der Waals surface area contributed by atoms with Crippen molar-refractivity contribution < 1.29 is 24.2 Å². The molecule has 6 nitrogen and oxygen atoms in total. The van der Waals surface area contributed by atoms with Crippen LogP contribution >= 0.6 is 0 Å². The van der Waals surface area contributed by atoms with Crippen LogP contribution in [-0.4, -0.2) is 42.2 Å². The number of aliphatic hydroxyl groups is 1. The maximum Gasteiger partial charge on any atom is 0.336 e. The first-order chi connectivity index (χ1) is 15.2. The number of allylic oxidation sites excluding steroid dienone is 1. The van der Waals surface area contributed by atoms with Crippen LogP contribution in [0.4, 0.5) is 0 Å². The van der Waals surface area contributed by atoms with Crippen molar-refractivity contribution in [2.45, 2.75) is 38.3 Å². The third-order valence-electron chi connectivity index (χ3n) is 5.40. The molecule has 0 radical (unpaired) electrons. The Bertz CT molecular complexity index is 895. The van der Waals surface area contributed by atoms with Crippen LogP contribution in [0.5, 0.6) is 0 Å². The first-order valence-corrected chi connectivity index (χ1v) is 10.6. The molecule has 1 heterocycles. The van der Waals surface area contributed by atoms with Gasteiger partial charge in [0.15, 0.2) is 0 Å². The van der Waals surface area contributed by atoms with Gasteiger partial charge in [0.2, 0.25) is 5.91 Å². The zero-order chi connectivity index (χ0) is 22.1. The molecular formula is C25H29NO5. The molecule has 3 rings (SSSR count). The van der Waals surface area contributed by atoms with Crippen molar-refractivity contribution in [2.24, 2.45) is 0 Å². The van der Waals surface area contributed by atoms with Gasteiger partial charge in [0, 0.05) is 12.3 Å². The van der Waals surface area contributed by atoms with E-state index in [4.69, 9.17) is 9.47 Å². The Balaban J connectivity index is 1.65. The lowest BCUT2D eigenvalue weighted by Gasteiger charge is -2.29. The van der Waals surface area contributed by atoms with Crippen molar-refractivity contribution in [2.75, 3.05) is 20.3 Å². The molecule has 0 fully saturated rings. The average Bonchev–Trinajstić information content (AvgIpc) is 3.13. The number of aliphatic hydroxyl groups excluding tert-OH is 1. The van der Waals surface area contributed by atoms with Gasteiger partial charge in [0.05, 0.1) is 38.4 Å². The van der Waals surface area contributed by atoms with Crippen LogP contribution in [0.2, 0.25) is 0 Å². The maximum absolute atomic E-state index is 12.8. The van der Waals surface area contributed by atoms with E-state index in [0.717, 1.165) is 24.0 Å². The summed E-state index contributed by atoms with van der Waals surface area (Å²) in [5, 5.41) is 10.1. The van der Waals surface area contributed by atoms with E-state index < -0.39 is 12.0 Å². The van der Waals surface area contributed by atoms with Gasteiger partial charge in [-0.25, -0.2) is 4.79 Å². The highest BCUT2D eigenvalue weighted by Gasteiger charge is 2.38. The van der Waals surface area contributed by atoms with Crippen molar-refractivity contribution >= 4 is 11.9 Å². The standard InChI is InChI=1S/C25H29NO5/c1-30-25(29)21-16-24(28)26(23(17-27)20-12-6-3-7-13-20)22(21)14-8-9-15-31-18-19-10-4-2-5-11-19/h2-7,10-13,23,27H,8-9,14-18H2,1H3/t23-/m0/s1. The summed E-state index contributed by atoms with van der Waals surface area (Å²) < 4.78 is 10.6. The van der Waals surface area contributed by atoms with Gasteiger partial charge in [-0.3, -0.25) is 4.79 Å². The van der Waals surface area contributed by atoms with E-state index in [1.54, 1.807) is 4.90 Å². The van der Waals surface area contributed by atoms with Crippen molar-refractivity contribution in [3.63, 3.8) is 0 Å². The molecule has 0 saturated carbocycles. The van der Waals surface area contributed by atoms with Gasteiger partial charge in [-0.2, -0.15) is 0 Å². The molecule has 1 amide bonds. The highest BCUT2D eigenvalue weighted by molar-refractivity contribution is 6.00. The summed E-state index contributed by atoms with van der Waals surface area (Å²) in [4.78, 5) is 26.7. The number of hydrogen-bond donors (Lipinski definition) is 1. The minimum atomic E-state index is -0.528. The van der Waals surface area contributed by atoms with E-state index in [2.05, 4.69) is 0 Å². The first kappa shape index (κ1) is 22.7. The van der Waals surface area contributed by atoms with Gasteiger partial charge < -0.3 is 19.5 Å². The van der Waals surface area contributed by atoms with Crippen molar-refractivity contribution in [3.8, 4) is 0 Å². The van der Waals surface area contributed by atoms with Crippen LogP contribution in [0.1, 0.15) is 42.9 Å². The Morgan fingerprint density at radius 2 is 1.74 bits per heavy atom. The van der Waals surface area contributed by atoms with E-state index in [0.29, 0.717) is 30.9 Å². The van der Waals surface area contributed by atoms with Crippen molar-refractivity contribution in [1.82, 2.24) is 4.90 Å². The summed E-state index contributed by atoms with van der Waals surface area (Å²) in [6, 6.07) is 18.8. The molecule has 1 N–H and O–H groups in total. The molecule has 0 aliphatic carbocycles. The van der Waals surface area contributed by atoms with Crippen LogP contribution < -0.4 is 0 Å². The molecule has 1 aliphatic rings. The van der Waals surface area contributed by atoms with Gasteiger partial charge in [-0.1, -0.05) is 60.7 Å². The van der Waals surface area contributed by atoms with Gasteiger partial charge in [-0.15, -0.1) is 0 Å². The smallest absolute Gasteiger partial charge is 0.336 e. The Hall–Kier alpha value is -2.96. The second-order valence-corrected chi connectivity index (χ2v) is 7.46. The van der Waals surface area contributed by atoms with Crippen LogP contribution in [0.15, 0.2) is 71.9 Å². The van der Waals surface area contributed by atoms with Crippen LogP contribution in [-0.2, 0) is 25.7 Å². The summed E-state index contributed by atoms with van der Waals surface area (Å²) >= 11 is 0. The molecule has 0 unspecified atom stereocenters. The summed E-state index contributed by atoms with van der Waals surface area (Å²) in [5.41, 5.74) is 2.97. The Morgan fingerprint density at radius 3 is 2.39 bits per heavy atom. The third-order valence-corrected chi connectivity index (χ3v) is 5.40. The molecule has 6 heteroatoms. The maximum atomic E-state index is 12.8. The van der Waals surface area contributed by atoms with E-state index in [-0.39, 0.29) is 18.9 Å². The molecular weight excluding hydrogens is 394 g/mol. The molecule has 1 aliphatic heterocycles. The lowest BCUT2D eigenvalue weighted by atomic mass is 10.0. The molecule has 2 aromatic carbocycles. The normalized spacial score (nSPS) is 14.8. The quantitative estimate of drug-likeness (QED) is 0.440. The number of carbonyl (C=O) groups is 2. The van der Waals surface area contributed by atoms with Crippen LogP contribution in [0.25, 0.3) is 0 Å². The van der Waals surface area contributed by atoms with Gasteiger partial charge in [0.1, 0.15) is 0 Å². The van der Waals surface area contributed by atoms with Crippen LogP contribution in [0, 0.1) is 0 Å². The molecule has 1 atom stereocenters. The molecule has 164 valence electrons. The number of rotatable bonds is 11. The Kier molecular flexibility index (Phi) is 8.38. The minimum Gasteiger partial charge on any atom is -0.466 e. The van der Waals surface area contributed by atoms with Gasteiger partial charge in [-0.05, 0) is 30.4 Å². The predicted octanol–water partition coefficient (Wildman–Crippen LogP) is 3.77. The number of nitrogens with zero attached hydrogens (tertiary/aromatic N) is 1. The number of methoxy groups -OCH3 is 1. The van der Waals surface area contributed by atoms with E-state index in [9.17, 15) is 14.7 Å². The number of ether oxygens (including phenoxy) is 2. The summed E-state index contributed by atoms with van der Waals surface area (Å²) in [7, 11) is 1.32. The van der Waals surface area contributed by atoms with E-state index >= 15 is 0 Å². The Morgan fingerprint density at radius 1 is 1.06 bits per heavy atom. The fraction of sp³-hybridized carbons (Fsp3) is 0.360. The van der Waals surface area contributed by atoms with E-state index in [1.807, 2.05) is 60.7 Å². The molecule has 0 aromatic heterocycles. The lowest BCUT2D eigenvalue weighted by molar-refractivity contribution is -0.137. The second-order valence-electron chi connectivity index (χ2n) is 7.46. The molecule has 31 heavy (non-hydrogen) atoms. The van der Waals surface area contributed by atoms with Crippen molar-refractivity contribution in [3.05, 3.63) is 83.1 Å². The molecule has 0 saturated heterocycles. The topological polar surface area (TPSA) is 76.1 Å². The number of benzene rings is 2. The fourth-order valence-corrected chi connectivity index (χ4v) is 3.85. The molecule has 0 bridgehead atoms. The van der Waals surface area contributed by atoms with Crippen LogP contribution in [0.3, 0.4) is 0 Å². The fourth-order valence-electron chi connectivity index (χ4n) is 3.85. The lowest BCUT2D eigenvalue weighted by Crippen LogP contribution is -2.32. The number of carbonyl (C=O) groups excluding carboxylic acids is 2. The second kappa shape index (κ2) is 11.4. The first-order valence-electron chi connectivity index (χ1n) is 10.6. The van der Waals surface area contributed by atoms with Gasteiger partial charge >= 0.3 is 5.97 Å². The van der Waals surface area contributed by atoms with Gasteiger partial charge in [0.25, 0.3) is 0 Å².